The van der Waals surface area contributed by atoms with Gasteiger partial charge < -0.3 is 25.5 Å². The number of alkyl halides is 10. The number of likely N-dealkylation sites (N-methyl/N-ethyl adjacent to an activating group) is 3. The number of carboxylic acid groups (broad SMARTS) is 1. The molecule has 0 saturated carbocycles. The number of hydrogen-bond acceptors (Lipinski definition) is 14. The number of allylic oxidation sites excluding steroid dienone is 3. The number of rotatable bonds is 11. The molecule has 0 bridgehead atoms. The molecule has 7 amide bonds. The first kappa shape index (κ1) is 86.3. The van der Waals surface area contributed by atoms with E-state index in [1.165, 1.54) is 107 Å². The van der Waals surface area contributed by atoms with Crippen molar-refractivity contribution in [2.45, 2.75) is 86.5 Å². The molecule has 3 atom stereocenters. The number of carboxylic acids is 1. The number of anilines is 3. The molecule has 570 valence electrons. The fraction of sp³-hybridized carbons (Fsp3) is 0.261. The van der Waals surface area contributed by atoms with Crippen LogP contribution in [0.25, 0.3) is 4.85 Å². The van der Waals surface area contributed by atoms with Crippen LogP contribution in [-0.4, -0.2) is 123 Å². The van der Waals surface area contributed by atoms with E-state index in [9.17, 15) is 93.8 Å². The second kappa shape index (κ2) is 35.4. The molecule has 38 heteroatoms. The lowest BCUT2D eigenvalue weighted by Crippen LogP contribution is -2.50. The van der Waals surface area contributed by atoms with Crippen molar-refractivity contribution < 1.29 is 93.8 Å². The normalized spacial score (nSPS) is 16.7. The minimum absolute atomic E-state index is 0. The number of nitrogens with two attached hydrogens (primary N) is 1. The number of nitriles is 3. The average Bonchev–Trinajstić information content (AvgIpc) is 0.751. The quantitative estimate of drug-likeness (QED) is 0.0400. The first-order valence-electron chi connectivity index (χ1n) is 31.0. The van der Waals surface area contributed by atoms with Crippen molar-refractivity contribution in [3.05, 3.63) is 223 Å². The number of halogens is 11. The summed E-state index contributed by atoms with van der Waals surface area (Å²) < 4.78 is 213. The number of primary amides is 1. The molecule has 0 aliphatic carbocycles. The zero-order valence-electron chi connectivity index (χ0n) is 59.9. The zero-order valence-corrected chi connectivity index (χ0v) is 64.7. The largest absolute Gasteiger partial charge is 0.478 e. The van der Waals surface area contributed by atoms with E-state index < -0.39 is 128 Å². The van der Waals surface area contributed by atoms with Crippen LogP contribution in [0.3, 0.4) is 0 Å². The Morgan fingerprint density at radius 2 is 0.813 bits per heavy atom. The Balaban J connectivity index is 0.000000406. The molecule has 0 radical (unpaired) electrons. The Hall–Kier alpha value is -9.64. The van der Waals surface area contributed by atoms with Crippen molar-refractivity contribution in [2.24, 2.45) is 5.73 Å². The van der Waals surface area contributed by atoms with E-state index in [1.807, 2.05) is 12.1 Å². The van der Waals surface area contributed by atoms with E-state index in [0.717, 1.165) is 115 Å². The van der Waals surface area contributed by atoms with Crippen molar-refractivity contribution in [2.75, 3.05) is 59.0 Å². The van der Waals surface area contributed by atoms with Gasteiger partial charge in [-0.2, -0.15) is 65.0 Å². The second-order valence-corrected chi connectivity index (χ2v) is 30.4. The van der Waals surface area contributed by atoms with E-state index in [-0.39, 0.29) is 125 Å². The number of amides is 7. The second-order valence-electron chi connectivity index (χ2n) is 23.0. The van der Waals surface area contributed by atoms with Gasteiger partial charge in [0.1, 0.15) is 0 Å². The number of nitrogens with zero attached hydrogens (tertiary/aromatic N) is 10. The first-order valence-corrected chi connectivity index (χ1v) is 36.8. The molecule has 3 heterocycles. The lowest BCUT2D eigenvalue weighted by atomic mass is 9.92. The van der Waals surface area contributed by atoms with E-state index in [1.54, 1.807) is 6.07 Å². The Morgan fingerprint density at radius 1 is 0.551 bits per heavy atom. The van der Waals surface area contributed by atoms with Crippen LogP contribution in [0, 0.1) is 40.6 Å². The third kappa shape index (κ3) is 20.0. The Morgan fingerprint density at radius 3 is 1.07 bits per heavy atom. The van der Waals surface area contributed by atoms with Gasteiger partial charge >= 0.3 is 42.6 Å². The first-order chi connectivity index (χ1) is 49.8. The summed E-state index contributed by atoms with van der Waals surface area (Å²) in [6, 6.07) is 22.6. The van der Waals surface area contributed by atoms with E-state index in [2.05, 4.69) is 34.4 Å². The van der Waals surface area contributed by atoms with Gasteiger partial charge in [-0.15, -0.1) is 24.0 Å². The monoisotopic (exact) mass is 1800 g/mol. The predicted octanol–water partition coefficient (Wildman–Crippen LogP) is 14.8. The number of hydrogen-bond donors (Lipinski definition) is 2. The van der Waals surface area contributed by atoms with Crippen LogP contribution in [0.1, 0.15) is 103 Å². The summed E-state index contributed by atoms with van der Waals surface area (Å²) in [4.78, 5) is 73.1. The van der Waals surface area contributed by atoms with Crippen LogP contribution in [0.2, 0.25) is 0 Å². The topological polar surface area (TPSA) is 329 Å². The maximum Gasteiger partial charge on any atom is 0.416 e. The van der Waals surface area contributed by atoms with Crippen molar-refractivity contribution in [3.63, 3.8) is 0 Å². The third-order valence-electron chi connectivity index (χ3n) is 16.0. The van der Waals surface area contributed by atoms with Crippen LogP contribution >= 0.6 is 56.3 Å². The summed E-state index contributed by atoms with van der Waals surface area (Å²) in [5.41, 5.74) is 1.61. The molecule has 107 heavy (non-hydrogen) atoms. The molecule has 3 aliphatic rings. The molecule has 0 fully saturated rings. The van der Waals surface area contributed by atoms with Crippen LogP contribution < -0.4 is 20.4 Å². The Labute approximate surface area is 648 Å². The predicted molar refractivity (Wildman–Crippen MR) is 402 cm³/mol. The molecule has 0 saturated heterocycles. The molecule has 9 rings (SSSR count). The standard InChI is InChI=1S/C22H19F3N4O4S.C22H17F3N4O3S.C22H18F3N3O5S.C2H5I.CH4.HI.H3P/c1-12-18(20(27)30)19(16-8-7-13(11-26)9-17(16)34(3,32)33)28(2)21(31)29(12)15-6-4-5-14(10-15)22(23,24)25;1-13-19(27-2)20(17-9-8-14(12-26)10-18(17)33(4,31)32)28(3)21(30)29(13)16-7-5-6-15(11-16)22(23,24)25;1-12-18(20(29)30)19(16-8-7-13(11-26)9-17(16)34(3,32)33)27(2)21(31)28(12)15-6-4-5-14(10-15)22(23,24)25;1-2-3;;;/h4-10,19H,1-3H3,(H2,27,30);5-11,20H,1,3-4H3;4-10,19H,1-3H3,(H,29,30);2H2,1H3;1H4;1H;1H3/t19-;20-;19-;;;;/m111..../s1/i;;;;;;1T3. The Kier molecular flexibility index (Phi) is 28.5. The molecule has 6 aromatic rings. The molecular formula is C69H67F9I2N11O12PS3. The summed E-state index contributed by atoms with van der Waals surface area (Å²) in [6.07, 6.45) is -11.3. The molecule has 0 spiro atoms. The van der Waals surface area contributed by atoms with Gasteiger partial charge in [0.15, 0.2) is 29.5 Å². The molecular weight excluding hydrogens is 1730 g/mol. The third-order valence-corrected chi connectivity index (χ3v) is 19.5. The van der Waals surface area contributed by atoms with Gasteiger partial charge in [-0.05, 0) is 133 Å². The molecule has 0 aromatic heterocycles. The van der Waals surface area contributed by atoms with Crippen LogP contribution in [0.5, 0.6) is 0 Å². The average molecular weight is 1800 g/mol. The van der Waals surface area contributed by atoms with Gasteiger partial charge in [0.05, 0.1) is 117 Å². The maximum atomic E-state index is 13.3. The molecule has 3 N–H and O–H groups in total. The lowest BCUT2D eigenvalue weighted by molar-refractivity contribution is -0.138. The van der Waals surface area contributed by atoms with Crippen LogP contribution in [-0.2, 0) is 57.6 Å². The minimum atomic E-state index is -4.69. The summed E-state index contributed by atoms with van der Waals surface area (Å²) in [6.45, 7) is 13.8. The number of benzene rings is 6. The van der Waals surface area contributed by atoms with Gasteiger partial charge in [0.2, 0.25) is 11.6 Å². The fourth-order valence-electron chi connectivity index (χ4n) is 11.4. The lowest BCUT2D eigenvalue weighted by Gasteiger charge is -2.41. The van der Waals surface area contributed by atoms with Gasteiger partial charge in [0.25, 0.3) is 0 Å². The number of sulfone groups is 3. The zero-order chi connectivity index (χ0) is 82.2. The van der Waals surface area contributed by atoms with Gasteiger partial charge in [0, 0.05) is 62.7 Å². The highest BCUT2D eigenvalue weighted by atomic mass is 127. The van der Waals surface area contributed by atoms with Crippen molar-refractivity contribution >= 4 is 133 Å². The van der Waals surface area contributed by atoms with Crippen molar-refractivity contribution in [3.8, 4) is 18.2 Å². The van der Waals surface area contributed by atoms with E-state index in [0.29, 0.717) is 0 Å². The summed E-state index contributed by atoms with van der Waals surface area (Å²) in [5.74, 6) is -2.50. The van der Waals surface area contributed by atoms with Gasteiger partial charge in [-0.1, -0.05) is 73.3 Å². The van der Waals surface area contributed by atoms with Gasteiger partial charge in [-0.3, -0.25) is 19.5 Å². The minimum Gasteiger partial charge on any atom is -0.478 e. The molecule has 23 nitrogen and oxygen atoms in total. The number of aliphatic carboxylic acids is 1. The smallest absolute Gasteiger partial charge is 0.416 e. The highest BCUT2D eigenvalue weighted by molar-refractivity contribution is 14.1. The Bertz CT molecular complexity index is 5030. The highest BCUT2D eigenvalue weighted by Gasteiger charge is 2.46. The maximum absolute atomic E-state index is 13.3. The number of carbonyl (C=O) groups is 5. The molecule has 3 aliphatic heterocycles. The van der Waals surface area contributed by atoms with Crippen LogP contribution in [0.4, 0.5) is 71.0 Å². The van der Waals surface area contributed by atoms with E-state index in [4.69, 9.17) is 31.9 Å². The molecule has 6 aromatic carbocycles. The van der Waals surface area contributed by atoms with Crippen molar-refractivity contribution in [1.29, 1.82) is 19.6 Å². The SMILES string of the molecule is C.CC1=C(C(=O)O)[C@@H](c2ccc(C#N)cc2S(C)(=O)=O)N(C)C(=O)N1c1cccc(C(F)(F)F)c1.CC1=C(C(N)=O)[C@@H](c2ccc(C#N)cc2S(C)(=O)=O)N(C)C(=O)N1c1cccc(C(F)(F)F)c1.CCI.I.[3H]P([3H])[3H].[C-]#[N+]C1=C(C)N(c2cccc(C(F)(F)F)c2)C(=O)N(C)[C@@H]1c1ccc(C#N)cc1S(C)(=O)=O. The highest BCUT2D eigenvalue weighted by Crippen LogP contribution is 2.46. The number of urea groups is 3. The summed E-state index contributed by atoms with van der Waals surface area (Å²) in [7, 11) is -9.77. The molecule has 0 unspecified atom stereocenters. The van der Waals surface area contributed by atoms with Crippen LogP contribution in [0.15, 0.2) is 176 Å². The van der Waals surface area contributed by atoms with Gasteiger partial charge in [-0.25, -0.2) is 49.3 Å². The number of carbonyl (C=O) groups excluding carboxylic acids is 4. The van der Waals surface area contributed by atoms with Crippen molar-refractivity contribution in [1.82, 2.24) is 14.7 Å². The van der Waals surface area contributed by atoms with E-state index >= 15 is 0 Å². The summed E-state index contributed by atoms with van der Waals surface area (Å²) >= 11 is 2.29. The summed E-state index contributed by atoms with van der Waals surface area (Å²) in [5, 5.41) is 37.4. The fourth-order valence-corrected chi connectivity index (χ4v) is 14.2.